The van der Waals surface area contributed by atoms with Crippen molar-refractivity contribution in [2.24, 2.45) is 0 Å². The highest BCUT2D eigenvalue weighted by atomic mass is 32.5. The van der Waals surface area contributed by atoms with Gasteiger partial charge in [-0.05, 0) is 31.9 Å². The molecule has 0 N–H and O–H groups in total. The molecule has 0 saturated heterocycles. The van der Waals surface area contributed by atoms with E-state index in [-0.39, 0.29) is 0 Å². The molecule has 0 heterocycles. The molecule has 3 nitrogen and oxygen atoms in total. The SMILES string of the molecule is COP(=S)(OC)Oc1c(C)cc(C)cc1C. The van der Waals surface area contributed by atoms with Gasteiger partial charge in [-0.3, -0.25) is 0 Å². The van der Waals surface area contributed by atoms with E-state index in [1.54, 1.807) is 0 Å². The second-order valence-electron chi connectivity index (χ2n) is 3.63. The lowest BCUT2D eigenvalue weighted by Crippen LogP contribution is -2.00. The van der Waals surface area contributed by atoms with Crippen molar-refractivity contribution in [1.82, 2.24) is 0 Å². The zero-order chi connectivity index (χ0) is 12.3. The number of hydrogen-bond acceptors (Lipinski definition) is 4. The van der Waals surface area contributed by atoms with E-state index in [1.165, 1.54) is 19.8 Å². The van der Waals surface area contributed by atoms with Crippen LogP contribution in [0.4, 0.5) is 0 Å². The standard InChI is InChI=1S/C11H17O3PS/c1-8-6-9(2)11(10(3)7-8)14-15(16,12-4)13-5/h6-7H,1-5H3. The molecule has 0 spiro atoms. The van der Waals surface area contributed by atoms with Gasteiger partial charge in [-0.25, -0.2) is 0 Å². The Morgan fingerprint density at radius 2 is 1.44 bits per heavy atom. The average molecular weight is 260 g/mol. The Labute approximate surface area is 102 Å². The first-order valence-electron chi connectivity index (χ1n) is 4.91. The van der Waals surface area contributed by atoms with Crippen molar-refractivity contribution in [3.05, 3.63) is 28.8 Å². The fourth-order valence-corrected chi connectivity index (χ4v) is 2.60. The summed E-state index contributed by atoms with van der Waals surface area (Å²) < 4.78 is 15.9. The van der Waals surface area contributed by atoms with E-state index in [2.05, 4.69) is 0 Å². The maximum Gasteiger partial charge on any atom is 0.380 e. The molecule has 1 rings (SSSR count). The lowest BCUT2D eigenvalue weighted by Gasteiger charge is -2.21. The van der Waals surface area contributed by atoms with Crippen molar-refractivity contribution in [3.63, 3.8) is 0 Å². The monoisotopic (exact) mass is 260 g/mol. The van der Waals surface area contributed by atoms with Crippen LogP contribution in [0, 0.1) is 20.8 Å². The zero-order valence-electron chi connectivity index (χ0n) is 10.2. The van der Waals surface area contributed by atoms with Gasteiger partial charge in [0.05, 0.1) is 0 Å². The van der Waals surface area contributed by atoms with E-state index in [9.17, 15) is 0 Å². The zero-order valence-corrected chi connectivity index (χ0v) is 11.9. The fourth-order valence-electron chi connectivity index (χ4n) is 1.57. The molecule has 1 aromatic carbocycles. The summed E-state index contributed by atoms with van der Waals surface area (Å²) in [6, 6.07) is 4.10. The minimum absolute atomic E-state index is 0.762. The number of benzene rings is 1. The number of rotatable bonds is 4. The summed E-state index contributed by atoms with van der Waals surface area (Å²) in [5.74, 6) is 0.762. The van der Waals surface area contributed by atoms with Crippen molar-refractivity contribution in [2.45, 2.75) is 20.8 Å². The average Bonchev–Trinajstić information content (AvgIpc) is 2.23. The molecule has 0 fully saturated rings. The van der Waals surface area contributed by atoms with Gasteiger partial charge in [-0.2, -0.15) is 0 Å². The van der Waals surface area contributed by atoms with Gasteiger partial charge in [0, 0.05) is 26.0 Å². The Bertz CT molecular complexity index is 400. The molecule has 0 radical (unpaired) electrons. The molecule has 16 heavy (non-hydrogen) atoms. The van der Waals surface area contributed by atoms with Crippen LogP contribution in [0.25, 0.3) is 0 Å². The summed E-state index contributed by atoms with van der Waals surface area (Å²) in [6.07, 6.45) is 0. The normalized spacial score (nSPS) is 11.6. The third-order valence-electron chi connectivity index (χ3n) is 2.25. The Morgan fingerprint density at radius 1 is 1.00 bits per heavy atom. The summed E-state index contributed by atoms with van der Waals surface area (Å²) in [7, 11) is 3.01. The van der Waals surface area contributed by atoms with Gasteiger partial charge in [-0.15, -0.1) is 0 Å². The van der Waals surface area contributed by atoms with Gasteiger partial charge >= 0.3 is 6.72 Å². The van der Waals surface area contributed by atoms with Crippen LogP contribution in [-0.4, -0.2) is 14.2 Å². The molecule has 0 atom stereocenters. The van der Waals surface area contributed by atoms with E-state index >= 15 is 0 Å². The largest absolute Gasteiger partial charge is 0.424 e. The van der Waals surface area contributed by atoms with Crippen LogP contribution in [0.2, 0.25) is 0 Å². The van der Waals surface area contributed by atoms with E-state index in [1.807, 2.05) is 32.9 Å². The smallest absolute Gasteiger partial charge is 0.380 e. The summed E-state index contributed by atoms with van der Waals surface area (Å²) in [5.41, 5.74) is 3.28. The van der Waals surface area contributed by atoms with E-state index in [4.69, 9.17) is 25.4 Å². The second kappa shape index (κ2) is 5.28. The van der Waals surface area contributed by atoms with Crippen LogP contribution in [0.5, 0.6) is 5.75 Å². The molecule has 5 heteroatoms. The molecule has 0 bridgehead atoms. The fraction of sp³-hybridized carbons (Fsp3) is 0.455. The predicted molar refractivity (Wildman–Crippen MR) is 69.6 cm³/mol. The summed E-state index contributed by atoms with van der Waals surface area (Å²) in [5, 5.41) is 0. The van der Waals surface area contributed by atoms with Crippen molar-refractivity contribution in [1.29, 1.82) is 0 Å². The van der Waals surface area contributed by atoms with Crippen LogP contribution in [-0.2, 0) is 20.9 Å². The molecular weight excluding hydrogens is 243 g/mol. The van der Waals surface area contributed by atoms with Crippen LogP contribution >= 0.6 is 6.72 Å². The molecule has 0 aromatic heterocycles. The van der Waals surface area contributed by atoms with Crippen molar-refractivity contribution >= 4 is 18.5 Å². The molecule has 0 aliphatic heterocycles. The first-order valence-corrected chi connectivity index (χ1v) is 7.46. The van der Waals surface area contributed by atoms with Gasteiger partial charge in [0.15, 0.2) is 0 Å². The lowest BCUT2D eigenvalue weighted by atomic mass is 10.1. The van der Waals surface area contributed by atoms with Crippen molar-refractivity contribution < 1.29 is 13.6 Å². The van der Waals surface area contributed by atoms with Crippen molar-refractivity contribution in [2.75, 3.05) is 14.2 Å². The van der Waals surface area contributed by atoms with Crippen LogP contribution in [0.15, 0.2) is 12.1 Å². The Hall–Kier alpha value is -0.410. The van der Waals surface area contributed by atoms with Crippen LogP contribution in [0.1, 0.15) is 16.7 Å². The summed E-state index contributed by atoms with van der Waals surface area (Å²) in [6.45, 7) is 3.38. The number of aryl methyl sites for hydroxylation is 3. The molecule has 1 aromatic rings. The molecule has 0 unspecified atom stereocenters. The van der Waals surface area contributed by atoms with E-state index in [0.717, 1.165) is 16.9 Å². The number of hydrogen-bond donors (Lipinski definition) is 0. The van der Waals surface area contributed by atoms with Crippen molar-refractivity contribution in [3.8, 4) is 5.75 Å². The van der Waals surface area contributed by atoms with Gasteiger partial charge in [0.2, 0.25) is 0 Å². The molecular formula is C11H17O3PS. The van der Waals surface area contributed by atoms with E-state index in [0.29, 0.717) is 0 Å². The Kier molecular flexibility index (Phi) is 4.51. The summed E-state index contributed by atoms with van der Waals surface area (Å²) >= 11 is 5.18. The minimum atomic E-state index is -2.64. The molecule has 0 amide bonds. The predicted octanol–water partition coefficient (Wildman–Crippen LogP) is 3.51. The Morgan fingerprint density at radius 3 is 1.81 bits per heavy atom. The van der Waals surface area contributed by atoms with Gasteiger partial charge in [0.1, 0.15) is 5.75 Å². The third-order valence-corrected chi connectivity index (χ3v) is 4.67. The maximum absolute atomic E-state index is 5.70. The first kappa shape index (κ1) is 13.7. The van der Waals surface area contributed by atoms with Gasteiger partial charge < -0.3 is 13.6 Å². The van der Waals surface area contributed by atoms with Gasteiger partial charge in [-0.1, -0.05) is 17.7 Å². The quantitative estimate of drug-likeness (QED) is 0.774. The third kappa shape index (κ3) is 3.05. The van der Waals surface area contributed by atoms with Crippen LogP contribution < -0.4 is 4.52 Å². The molecule has 0 aliphatic carbocycles. The Balaban J connectivity index is 3.11. The second-order valence-corrected chi connectivity index (χ2v) is 6.78. The van der Waals surface area contributed by atoms with Crippen LogP contribution in [0.3, 0.4) is 0 Å². The highest BCUT2D eigenvalue weighted by Gasteiger charge is 2.20. The highest BCUT2D eigenvalue weighted by Crippen LogP contribution is 2.49. The minimum Gasteiger partial charge on any atom is -0.424 e. The molecule has 0 aliphatic rings. The lowest BCUT2D eigenvalue weighted by molar-refractivity contribution is 0.272. The first-order chi connectivity index (χ1) is 7.41. The topological polar surface area (TPSA) is 27.7 Å². The molecule has 0 saturated carbocycles. The maximum atomic E-state index is 5.70. The highest BCUT2D eigenvalue weighted by molar-refractivity contribution is 8.07. The summed E-state index contributed by atoms with van der Waals surface area (Å²) in [4.78, 5) is 0. The van der Waals surface area contributed by atoms with E-state index < -0.39 is 6.72 Å². The van der Waals surface area contributed by atoms with Gasteiger partial charge in [0.25, 0.3) is 0 Å². The molecule has 90 valence electrons.